The minimum atomic E-state index is -6.21. The van der Waals surface area contributed by atoms with Gasteiger partial charge in [0.25, 0.3) is 0 Å². The molecule has 0 saturated heterocycles. The topological polar surface area (TPSA) is 116 Å². The summed E-state index contributed by atoms with van der Waals surface area (Å²) < 4.78 is 107. The van der Waals surface area contributed by atoms with Crippen molar-refractivity contribution in [3.8, 4) is 0 Å². The Balaban J connectivity index is 6.10. The van der Waals surface area contributed by atoms with Gasteiger partial charge in [0.05, 0.1) is 0 Å². The Morgan fingerprint density at radius 3 is 2.04 bits per heavy atom. The van der Waals surface area contributed by atoms with E-state index in [-0.39, 0.29) is 0 Å². The third-order valence-electron chi connectivity index (χ3n) is 2.38. The standard InChI is InChI=1S/C12H13F5O8S/c1-4-5-23-9(19)11(12(15,16)17,25-8(18)7(2)3)24-6-10(13,14)26(20,21)22/h4H,1-2,5-6H2,3H3,(H,20,21,22). The maximum atomic E-state index is 13.3. The number of carbonyl (C=O) groups excluding carboxylic acids is 2. The molecular weight excluding hydrogens is 399 g/mol. The van der Waals surface area contributed by atoms with Crippen LogP contribution in [0.5, 0.6) is 0 Å². The third-order valence-corrected chi connectivity index (χ3v) is 3.25. The smallest absolute Gasteiger partial charge is 0.456 e. The molecule has 0 bridgehead atoms. The second-order valence-corrected chi connectivity index (χ2v) is 6.12. The lowest BCUT2D eigenvalue weighted by Gasteiger charge is -2.32. The van der Waals surface area contributed by atoms with E-state index in [4.69, 9.17) is 4.55 Å². The Kier molecular flexibility index (Phi) is 7.45. The lowest BCUT2D eigenvalue weighted by Crippen LogP contribution is -2.59. The SMILES string of the molecule is C=CCOC(=O)C(OCC(F)(F)S(=O)(=O)O)(OC(=O)C(=C)C)C(F)(F)F. The van der Waals surface area contributed by atoms with Crippen LogP contribution in [0.3, 0.4) is 0 Å². The van der Waals surface area contributed by atoms with Gasteiger partial charge in [0.2, 0.25) is 0 Å². The van der Waals surface area contributed by atoms with Crippen LogP contribution >= 0.6 is 0 Å². The van der Waals surface area contributed by atoms with Gasteiger partial charge in [0.1, 0.15) is 13.2 Å². The fourth-order valence-electron chi connectivity index (χ4n) is 1.09. The molecule has 0 heterocycles. The Morgan fingerprint density at radius 2 is 1.69 bits per heavy atom. The molecule has 0 rings (SSSR count). The Labute approximate surface area is 143 Å². The minimum Gasteiger partial charge on any atom is -0.456 e. The Bertz CT molecular complexity index is 684. The van der Waals surface area contributed by atoms with Crippen molar-refractivity contribution in [1.29, 1.82) is 0 Å². The van der Waals surface area contributed by atoms with Crippen molar-refractivity contribution in [2.75, 3.05) is 13.2 Å². The average Bonchev–Trinajstić information content (AvgIpc) is 2.46. The van der Waals surface area contributed by atoms with E-state index in [0.717, 1.165) is 13.0 Å². The van der Waals surface area contributed by atoms with Gasteiger partial charge in [0.15, 0.2) is 0 Å². The van der Waals surface area contributed by atoms with Crippen molar-refractivity contribution < 1.29 is 58.7 Å². The zero-order valence-electron chi connectivity index (χ0n) is 13.0. The highest BCUT2D eigenvalue weighted by Crippen LogP contribution is 2.38. The van der Waals surface area contributed by atoms with Gasteiger partial charge in [-0.25, -0.2) is 9.59 Å². The molecule has 0 aromatic heterocycles. The first-order chi connectivity index (χ1) is 11.5. The van der Waals surface area contributed by atoms with Gasteiger partial charge < -0.3 is 14.2 Å². The second-order valence-electron chi connectivity index (χ2n) is 4.57. The number of hydrogen-bond acceptors (Lipinski definition) is 7. The van der Waals surface area contributed by atoms with Crippen LogP contribution in [0.25, 0.3) is 0 Å². The lowest BCUT2D eigenvalue weighted by atomic mass is 10.2. The number of esters is 2. The summed E-state index contributed by atoms with van der Waals surface area (Å²) in [5.74, 6) is -9.13. The molecule has 0 aliphatic rings. The van der Waals surface area contributed by atoms with Crippen LogP contribution in [-0.4, -0.2) is 55.3 Å². The van der Waals surface area contributed by atoms with Gasteiger partial charge in [-0.05, 0) is 6.92 Å². The zero-order chi connectivity index (χ0) is 21.0. The summed E-state index contributed by atoms with van der Waals surface area (Å²) in [4.78, 5) is 23.1. The molecule has 0 aliphatic carbocycles. The highest BCUT2D eigenvalue weighted by molar-refractivity contribution is 7.86. The van der Waals surface area contributed by atoms with E-state index in [1.165, 1.54) is 0 Å². The van der Waals surface area contributed by atoms with E-state index >= 15 is 0 Å². The predicted octanol–water partition coefficient (Wildman–Crippen LogP) is 1.59. The molecule has 1 N–H and O–H groups in total. The average molecular weight is 412 g/mol. The zero-order valence-corrected chi connectivity index (χ0v) is 13.8. The van der Waals surface area contributed by atoms with Crippen LogP contribution < -0.4 is 0 Å². The lowest BCUT2D eigenvalue weighted by molar-refractivity contribution is -0.359. The first-order valence-corrected chi connectivity index (χ1v) is 7.68. The minimum absolute atomic E-state index is 0.680. The van der Waals surface area contributed by atoms with Crippen molar-refractivity contribution in [1.82, 2.24) is 0 Å². The maximum absolute atomic E-state index is 13.3. The van der Waals surface area contributed by atoms with Crippen LogP contribution in [0.2, 0.25) is 0 Å². The van der Waals surface area contributed by atoms with E-state index in [1.54, 1.807) is 0 Å². The van der Waals surface area contributed by atoms with E-state index < -0.39 is 58.1 Å². The molecule has 0 spiro atoms. The molecule has 0 amide bonds. The molecule has 26 heavy (non-hydrogen) atoms. The second kappa shape index (κ2) is 8.09. The summed E-state index contributed by atoms with van der Waals surface area (Å²) in [5, 5.41) is -5.27. The maximum Gasteiger partial charge on any atom is 0.468 e. The number of rotatable bonds is 9. The predicted molar refractivity (Wildman–Crippen MR) is 73.3 cm³/mol. The molecule has 0 aliphatic heterocycles. The van der Waals surface area contributed by atoms with Crippen LogP contribution in [0.4, 0.5) is 22.0 Å². The number of carbonyl (C=O) groups is 2. The normalized spacial score (nSPS) is 14.9. The molecule has 0 fully saturated rings. The van der Waals surface area contributed by atoms with Gasteiger partial charge in [-0.1, -0.05) is 19.2 Å². The summed E-state index contributed by atoms with van der Waals surface area (Å²) >= 11 is 0. The van der Waals surface area contributed by atoms with Crippen molar-refractivity contribution in [2.24, 2.45) is 0 Å². The van der Waals surface area contributed by atoms with E-state index in [0.29, 0.717) is 0 Å². The summed E-state index contributed by atoms with van der Waals surface area (Å²) in [6, 6.07) is 0. The quantitative estimate of drug-likeness (QED) is 0.152. The Morgan fingerprint density at radius 1 is 1.19 bits per heavy atom. The monoisotopic (exact) mass is 412 g/mol. The molecule has 150 valence electrons. The molecule has 1 atom stereocenters. The molecule has 8 nitrogen and oxygen atoms in total. The van der Waals surface area contributed by atoms with Gasteiger partial charge in [-0.2, -0.15) is 30.4 Å². The fourth-order valence-corrected chi connectivity index (χ4v) is 1.30. The summed E-state index contributed by atoms with van der Waals surface area (Å²) in [5.41, 5.74) is -0.680. The summed E-state index contributed by atoms with van der Waals surface area (Å²) in [7, 11) is -6.21. The highest BCUT2D eigenvalue weighted by atomic mass is 32.2. The van der Waals surface area contributed by atoms with Crippen molar-refractivity contribution in [3.63, 3.8) is 0 Å². The largest absolute Gasteiger partial charge is 0.468 e. The van der Waals surface area contributed by atoms with Gasteiger partial charge >= 0.3 is 39.3 Å². The number of halogens is 5. The van der Waals surface area contributed by atoms with Gasteiger partial charge in [-0.15, -0.1) is 0 Å². The van der Waals surface area contributed by atoms with Crippen LogP contribution in [0.1, 0.15) is 6.92 Å². The first-order valence-electron chi connectivity index (χ1n) is 6.24. The van der Waals surface area contributed by atoms with Gasteiger partial charge in [-0.3, -0.25) is 4.55 Å². The summed E-state index contributed by atoms with van der Waals surface area (Å²) in [6.45, 7) is 3.28. The van der Waals surface area contributed by atoms with E-state index in [1.807, 2.05) is 0 Å². The van der Waals surface area contributed by atoms with Gasteiger partial charge in [0, 0.05) is 5.57 Å². The molecule has 0 radical (unpaired) electrons. The molecule has 0 aromatic carbocycles. The van der Waals surface area contributed by atoms with Crippen LogP contribution in [0.15, 0.2) is 24.8 Å². The molecule has 0 saturated carbocycles. The number of hydrogen-bond donors (Lipinski definition) is 1. The molecular formula is C12H13F5O8S. The van der Waals surface area contributed by atoms with Crippen LogP contribution in [-0.2, 0) is 33.9 Å². The first kappa shape index (κ1) is 23.9. The summed E-state index contributed by atoms with van der Waals surface area (Å²) in [6.07, 6.45) is -5.18. The Hall–Kier alpha value is -2.06. The third kappa shape index (κ3) is 5.47. The number of ether oxygens (including phenoxy) is 3. The fraction of sp³-hybridized carbons (Fsp3) is 0.500. The molecule has 14 heteroatoms. The van der Waals surface area contributed by atoms with Crippen molar-refractivity contribution in [3.05, 3.63) is 24.8 Å². The molecule has 1 unspecified atom stereocenters. The highest BCUT2D eigenvalue weighted by Gasteiger charge is 2.69. The van der Waals surface area contributed by atoms with Crippen molar-refractivity contribution in [2.45, 2.75) is 24.1 Å². The van der Waals surface area contributed by atoms with E-state index in [9.17, 15) is 40.0 Å². The van der Waals surface area contributed by atoms with E-state index in [2.05, 4.69) is 27.4 Å². The van der Waals surface area contributed by atoms with Crippen molar-refractivity contribution >= 4 is 22.1 Å². The van der Waals surface area contributed by atoms with Crippen LogP contribution in [0, 0.1) is 0 Å². The molecule has 0 aromatic rings. The number of alkyl halides is 5.